The molecule has 1 saturated carbocycles. The molecule has 0 aromatic rings. The predicted octanol–water partition coefficient (Wildman–Crippen LogP) is 1.29. The summed E-state index contributed by atoms with van der Waals surface area (Å²) in [5.74, 6) is 0.210. The van der Waals surface area contributed by atoms with Crippen molar-refractivity contribution in [3.05, 3.63) is 0 Å². The second-order valence-corrected chi connectivity index (χ2v) is 5.59. The first-order valence-corrected chi connectivity index (χ1v) is 6.73. The smallest absolute Gasteiger partial charge is 0.224 e. The zero-order valence-corrected chi connectivity index (χ0v) is 10.8. The van der Waals surface area contributed by atoms with Gasteiger partial charge in [-0.25, -0.2) is 0 Å². The summed E-state index contributed by atoms with van der Waals surface area (Å²) in [5.41, 5.74) is 6.03. The minimum atomic E-state index is -0.226. The SMILES string of the molecule is CN(C(=O)CC1(N)CCCC1)C1CCOCC1. The Morgan fingerprint density at radius 3 is 2.53 bits per heavy atom. The molecule has 0 unspecified atom stereocenters. The molecule has 17 heavy (non-hydrogen) atoms. The van der Waals surface area contributed by atoms with Gasteiger partial charge in [-0.05, 0) is 25.7 Å². The average Bonchev–Trinajstić information content (AvgIpc) is 2.76. The number of carbonyl (C=O) groups is 1. The third kappa shape index (κ3) is 3.19. The van der Waals surface area contributed by atoms with E-state index in [0.717, 1.165) is 38.9 Å². The molecule has 2 rings (SSSR count). The Morgan fingerprint density at radius 1 is 1.35 bits per heavy atom. The number of rotatable bonds is 3. The molecule has 1 aliphatic heterocycles. The molecule has 98 valence electrons. The maximum Gasteiger partial charge on any atom is 0.224 e. The molecule has 0 atom stereocenters. The summed E-state index contributed by atoms with van der Waals surface area (Å²) < 4.78 is 5.32. The number of nitrogens with zero attached hydrogens (tertiary/aromatic N) is 1. The van der Waals surface area contributed by atoms with Crippen LogP contribution in [0, 0.1) is 0 Å². The molecule has 2 aliphatic rings. The average molecular weight is 240 g/mol. The van der Waals surface area contributed by atoms with Gasteiger partial charge in [0.2, 0.25) is 5.91 Å². The fraction of sp³-hybridized carbons (Fsp3) is 0.923. The van der Waals surface area contributed by atoms with Crippen LogP contribution in [0.1, 0.15) is 44.9 Å². The number of carbonyl (C=O) groups excluding carboxylic acids is 1. The van der Waals surface area contributed by atoms with Crippen molar-refractivity contribution in [1.82, 2.24) is 4.90 Å². The summed E-state index contributed by atoms with van der Waals surface area (Å²) in [4.78, 5) is 14.1. The zero-order chi connectivity index (χ0) is 12.3. The molecule has 4 heteroatoms. The fourth-order valence-electron chi connectivity index (χ4n) is 2.96. The van der Waals surface area contributed by atoms with Gasteiger partial charge < -0.3 is 15.4 Å². The van der Waals surface area contributed by atoms with Crippen LogP contribution in [-0.4, -0.2) is 42.6 Å². The zero-order valence-electron chi connectivity index (χ0n) is 10.8. The molecule has 1 amide bonds. The quantitative estimate of drug-likeness (QED) is 0.808. The van der Waals surface area contributed by atoms with Crippen LogP contribution in [0.4, 0.5) is 0 Å². The lowest BCUT2D eigenvalue weighted by Crippen LogP contribution is -2.46. The third-order valence-corrected chi connectivity index (χ3v) is 4.23. The van der Waals surface area contributed by atoms with E-state index in [1.54, 1.807) is 0 Å². The lowest BCUT2D eigenvalue weighted by atomic mass is 9.93. The van der Waals surface area contributed by atoms with E-state index in [-0.39, 0.29) is 11.4 Å². The third-order valence-electron chi connectivity index (χ3n) is 4.23. The first kappa shape index (κ1) is 12.8. The molecule has 4 nitrogen and oxygen atoms in total. The Labute approximate surface area is 103 Å². The van der Waals surface area contributed by atoms with Gasteiger partial charge in [0, 0.05) is 38.3 Å². The van der Waals surface area contributed by atoms with E-state index < -0.39 is 0 Å². The number of ether oxygens (including phenoxy) is 1. The fourth-order valence-corrected chi connectivity index (χ4v) is 2.96. The van der Waals surface area contributed by atoms with E-state index in [0.29, 0.717) is 12.5 Å². The van der Waals surface area contributed by atoms with E-state index in [2.05, 4.69) is 0 Å². The van der Waals surface area contributed by atoms with Gasteiger partial charge in [-0.3, -0.25) is 4.79 Å². The monoisotopic (exact) mass is 240 g/mol. The van der Waals surface area contributed by atoms with Crippen LogP contribution >= 0.6 is 0 Å². The van der Waals surface area contributed by atoms with Crippen LogP contribution in [0.15, 0.2) is 0 Å². The first-order valence-electron chi connectivity index (χ1n) is 6.73. The second-order valence-electron chi connectivity index (χ2n) is 5.59. The Hall–Kier alpha value is -0.610. The summed E-state index contributed by atoms with van der Waals surface area (Å²) in [5, 5.41) is 0. The highest BCUT2D eigenvalue weighted by Gasteiger charge is 2.34. The summed E-state index contributed by atoms with van der Waals surface area (Å²) >= 11 is 0. The topological polar surface area (TPSA) is 55.6 Å². The standard InChI is InChI=1S/C13H24N2O2/c1-15(11-4-8-17-9-5-11)12(16)10-13(14)6-2-3-7-13/h11H,2-10,14H2,1H3. The molecule has 1 heterocycles. The Bertz CT molecular complexity index is 269. The van der Waals surface area contributed by atoms with Gasteiger partial charge in [-0.15, -0.1) is 0 Å². The molecule has 2 fully saturated rings. The number of hydrogen-bond donors (Lipinski definition) is 1. The molecular formula is C13H24N2O2. The van der Waals surface area contributed by atoms with E-state index in [1.807, 2.05) is 11.9 Å². The summed E-state index contributed by atoms with van der Waals surface area (Å²) in [7, 11) is 1.91. The number of nitrogens with two attached hydrogens (primary N) is 1. The van der Waals surface area contributed by atoms with E-state index in [1.165, 1.54) is 12.8 Å². The maximum atomic E-state index is 12.2. The normalized spacial score (nSPS) is 24.8. The van der Waals surface area contributed by atoms with Crippen molar-refractivity contribution in [2.75, 3.05) is 20.3 Å². The van der Waals surface area contributed by atoms with Gasteiger partial charge in [-0.1, -0.05) is 12.8 Å². The predicted molar refractivity (Wildman–Crippen MR) is 66.6 cm³/mol. The highest BCUT2D eigenvalue weighted by atomic mass is 16.5. The highest BCUT2D eigenvalue weighted by Crippen LogP contribution is 2.30. The first-order chi connectivity index (χ1) is 8.11. The molecule has 0 bridgehead atoms. The molecule has 0 aromatic carbocycles. The Morgan fingerprint density at radius 2 is 1.94 bits per heavy atom. The van der Waals surface area contributed by atoms with Crippen molar-refractivity contribution in [3.63, 3.8) is 0 Å². The number of hydrogen-bond acceptors (Lipinski definition) is 3. The minimum absolute atomic E-state index is 0.210. The molecule has 0 spiro atoms. The molecular weight excluding hydrogens is 216 g/mol. The second kappa shape index (κ2) is 5.36. The lowest BCUT2D eigenvalue weighted by Gasteiger charge is -2.33. The van der Waals surface area contributed by atoms with Crippen LogP contribution in [0.3, 0.4) is 0 Å². The van der Waals surface area contributed by atoms with Crippen LogP contribution in [0.2, 0.25) is 0 Å². The van der Waals surface area contributed by atoms with Gasteiger partial charge in [0.05, 0.1) is 0 Å². The van der Waals surface area contributed by atoms with Gasteiger partial charge in [0.1, 0.15) is 0 Å². The van der Waals surface area contributed by atoms with Crippen LogP contribution in [-0.2, 0) is 9.53 Å². The summed E-state index contributed by atoms with van der Waals surface area (Å²) in [6.07, 6.45) is 6.77. The van der Waals surface area contributed by atoms with Crippen LogP contribution in [0.5, 0.6) is 0 Å². The Kier molecular flexibility index (Phi) is 4.05. The van der Waals surface area contributed by atoms with Crippen molar-refractivity contribution >= 4 is 5.91 Å². The van der Waals surface area contributed by atoms with E-state index in [9.17, 15) is 4.79 Å². The number of amides is 1. The lowest BCUT2D eigenvalue weighted by molar-refractivity contribution is -0.134. The highest BCUT2D eigenvalue weighted by molar-refractivity contribution is 5.77. The minimum Gasteiger partial charge on any atom is -0.381 e. The molecule has 2 N–H and O–H groups in total. The Balaban J connectivity index is 1.85. The van der Waals surface area contributed by atoms with Crippen molar-refractivity contribution < 1.29 is 9.53 Å². The van der Waals surface area contributed by atoms with Gasteiger partial charge in [-0.2, -0.15) is 0 Å². The molecule has 1 saturated heterocycles. The molecule has 1 aliphatic carbocycles. The van der Waals surface area contributed by atoms with Crippen molar-refractivity contribution in [2.24, 2.45) is 5.73 Å². The van der Waals surface area contributed by atoms with E-state index >= 15 is 0 Å². The van der Waals surface area contributed by atoms with Gasteiger partial charge in [0.25, 0.3) is 0 Å². The molecule has 0 aromatic heterocycles. The van der Waals surface area contributed by atoms with Gasteiger partial charge >= 0.3 is 0 Å². The van der Waals surface area contributed by atoms with Crippen molar-refractivity contribution in [1.29, 1.82) is 0 Å². The summed E-state index contributed by atoms with van der Waals surface area (Å²) in [6, 6.07) is 0.348. The van der Waals surface area contributed by atoms with Crippen LogP contribution in [0.25, 0.3) is 0 Å². The summed E-state index contributed by atoms with van der Waals surface area (Å²) in [6.45, 7) is 1.55. The largest absolute Gasteiger partial charge is 0.381 e. The van der Waals surface area contributed by atoms with Gasteiger partial charge in [0.15, 0.2) is 0 Å². The van der Waals surface area contributed by atoms with Crippen LogP contribution < -0.4 is 5.73 Å². The van der Waals surface area contributed by atoms with E-state index in [4.69, 9.17) is 10.5 Å². The maximum absolute atomic E-state index is 12.2. The van der Waals surface area contributed by atoms with Crippen molar-refractivity contribution in [3.8, 4) is 0 Å². The van der Waals surface area contributed by atoms with Crippen molar-refractivity contribution in [2.45, 2.75) is 56.5 Å². The molecule has 0 radical (unpaired) electrons.